The van der Waals surface area contributed by atoms with Gasteiger partial charge in [0, 0.05) is 0 Å². The first-order chi connectivity index (χ1) is 5.00. The van der Waals surface area contributed by atoms with Gasteiger partial charge in [0.15, 0.2) is 0 Å². The van der Waals surface area contributed by atoms with Crippen LogP contribution >= 0.6 is 0 Å². The third kappa shape index (κ3) is 2.85. The molecule has 0 spiro atoms. The monoisotopic (exact) mass is 164 g/mol. The second kappa shape index (κ2) is 4.30. The average molecular weight is 164 g/mol. The summed E-state index contributed by atoms with van der Waals surface area (Å²) in [6, 6.07) is 0. The Morgan fingerprint density at radius 3 is 2.00 bits per heavy atom. The second-order valence-electron chi connectivity index (χ2n) is 2.18. The van der Waals surface area contributed by atoms with Gasteiger partial charge in [-0.25, -0.2) is 0 Å². The minimum atomic E-state index is -1.63. The van der Waals surface area contributed by atoms with Crippen molar-refractivity contribution < 1.29 is 25.5 Å². The Morgan fingerprint density at radius 2 is 1.73 bits per heavy atom. The molecule has 5 heteroatoms. The average Bonchev–Trinajstić information content (AvgIpc) is 2.00. The molecular weight excluding hydrogens is 152 g/mol. The highest BCUT2D eigenvalue weighted by Gasteiger charge is 2.25. The summed E-state index contributed by atoms with van der Waals surface area (Å²) in [6.07, 6.45) is -4.72. The van der Waals surface area contributed by atoms with E-state index in [1.54, 1.807) is 0 Å². The predicted octanol–water partition coefficient (Wildman–Crippen LogP) is -1.87. The summed E-state index contributed by atoms with van der Waals surface area (Å²) in [5.74, 6) is -0.648. The molecule has 0 fully saturated rings. The van der Waals surface area contributed by atoms with Gasteiger partial charge < -0.3 is 25.5 Å². The van der Waals surface area contributed by atoms with Crippen molar-refractivity contribution in [1.82, 2.24) is 0 Å². The Morgan fingerprint density at radius 1 is 1.27 bits per heavy atom. The summed E-state index contributed by atoms with van der Waals surface area (Å²) in [4.78, 5) is 0. The molecule has 0 radical (unpaired) electrons. The molecule has 5 nitrogen and oxygen atoms in total. The smallest absolute Gasteiger partial charge is 0.139 e. The van der Waals surface area contributed by atoms with Gasteiger partial charge in [-0.1, -0.05) is 6.58 Å². The fourth-order valence-electron chi connectivity index (χ4n) is 0.516. The highest BCUT2D eigenvalue weighted by atomic mass is 16.4. The van der Waals surface area contributed by atoms with Crippen molar-refractivity contribution in [1.29, 1.82) is 0 Å². The number of aliphatic hydroxyl groups excluding tert-OH is 5. The largest absolute Gasteiger partial charge is 0.510 e. The summed E-state index contributed by atoms with van der Waals surface area (Å²) in [6.45, 7) is 2.26. The Hall–Kier alpha value is -0.620. The maximum absolute atomic E-state index is 8.88. The zero-order valence-corrected chi connectivity index (χ0v) is 5.88. The van der Waals surface area contributed by atoms with Crippen LogP contribution < -0.4 is 0 Å². The molecule has 0 saturated carbocycles. The summed E-state index contributed by atoms with van der Waals surface area (Å²) >= 11 is 0. The van der Waals surface area contributed by atoms with Crippen molar-refractivity contribution >= 4 is 0 Å². The lowest BCUT2D eigenvalue weighted by Gasteiger charge is -2.20. The van der Waals surface area contributed by atoms with Gasteiger partial charge in [0.2, 0.25) is 0 Å². The van der Waals surface area contributed by atoms with E-state index in [1.165, 1.54) is 0 Å². The Balaban J connectivity index is 4.00. The third-order valence-corrected chi connectivity index (χ3v) is 1.25. The van der Waals surface area contributed by atoms with Crippen molar-refractivity contribution in [3.8, 4) is 0 Å². The quantitative estimate of drug-likeness (QED) is 0.313. The van der Waals surface area contributed by atoms with Crippen molar-refractivity contribution in [3.63, 3.8) is 0 Å². The molecule has 0 aromatic heterocycles. The van der Waals surface area contributed by atoms with Crippen LogP contribution in [-0.2, 0) is 0 Å². The molecule has 1 unspecified atom stereocenters. The van der Waals surface area contributed by atoms with E-state index in [-0.39, 0.29) is 0 Å². The van der Waals surface area contributed by atoms with E-state index >= 15 is 0 Å². The molecule has 0 aliphatic carbocycles. The minimum absolute atomic E-state index is 0.648. The van der Waals surface area contributed by atoms with Crippen LogP contribution in [0, 0.1) is 0 Å². The van der Waals surface area contributed by atoms with E-state index in [9.17, 15) is 0 Å². The fourth-order valence-corrected chi connectivity index (χ4v) is 0.516. The first kappa shape index (κ1) is 10.4. The van der Waals surface area contributed by atoms with Crippen LogP contribution in [0.25, 0.3) is 0 Å². The van der Waals surface area contributed by atoms with E-state index in [2.05, 4.69) is 6.58 Å². The number of hydrogen-bond acceptors (Lipinski definition) is 5. The third-order valence-electron chi connectivity index (χ3n) is 1.25. The fraction of sp³-hybridized carbons (Fsp3) is 0.667. The highest BCUT2D eigenvalue weighted by Crippen LogP contribution is 2.05. The van der Waals surface area contributed by atoms with Crippen molar-refractivity contribution in [3.05, 3.63) is 12.3 Å². The molecule has 0 aromatic rings. The maximum Gasteiger partial charge on any atom is 0.139 e. The lowest BCUT2D eigenvalue weighted by Crippen LogP contribution is -2.40. The standard InChI is InChI=1S/C6H12O5/c1-3(8)5(10)6(11)4(9)2-7/h4-11H,1-2H2/t4-,5+,6?/m0/s1. The molecule has 0 aromatic carbocycles. The SMILES string of the molecule is C=C(O)[C@@H](O)C(O)[C@@H](O)CO. The number of rotatable bonds is 4. The molecule has 0 amide bonds. The lowest BCUT2D eigenvalue weighted by atomic mass is 10.1. The van der Waals surface area contributed by atoms with Crippen molar-refractivity contribution in [2.45, 2.75) is 18.3 Å². The minimum Gasteiger partial charge on any atom is -0.510 e. The first-order valence-electron chi connectivity index (χ1n) is 3.03. The zero-order valence-electron chi connectivity index (χ0n) is 5.88. The van der Waals surface area contributed by atoms with Gasteiger partial charge in [-0.05, 0) is 0 Å². The van der Waals surface area contributed by atoms with Crippen LogP contribution in [0.15, 0.2) is 12.3 Å². The molecule has 3 atom stereocenters. The summed E-state index contributed by atoms with van der Waals surface area (Å²) in [7, 11) is 0. The molecule has 0 bridgehead atoms. The Bertz CT molecular complexity index is 135. The Kier molecular flexibility index (Phi) is 4.06. The highest BCUT2D eigenvalue weighted by molar-refractivity contribution is 4.95. The van der Waals surface area contributed by atoms with Gasteiger partial charge in [-0.15, -0.1) is 0 Å². The molecule has 0 heterocycles. The second-order valence-corrected chi connectivity index (χ2v) is 2.18. The normalized spacial score (nSPS) is 18.9. The van der Waals surface area contributed by atoms with Gasteiger partial charge >= 0.3 is 0 Å². The van der Waals surface area contributed by atoms with E-state index in [0.717, 1.165) is 0 Å². The van der Waals surface area contributed by atoms with Crippen molar-refractivity contribution in [2.24, 2.45) is 0 Å². The van der Waals surface area contributed by atoms with E-state index in [0.29, 0.717) is 0 Å². The van der Waals surface area contributed by atoms with E-state index < -0.39 is 30.7 Å². The van der Waals surface area contributed by atoms with Crippen molar-refractivity contribution in [2.75, 3.05) is 6.61 Å². The molecular formula is C6H12O5. The Labute approximate surface area is 63.8 Å². The van der Waals surface area contributed by atoms with Gasteiger partial charge in [0.25, 0.3) is 0 Å². The zero-order chi connectivity index (χ0) is 9.02. The van der Waals surface area contributed by atoms with Crippen LogP contribution in [0.5, 0.6) is 0 Å². The topological polar surface area (TPSA) is 101 Å². The summed E-state index contributed by atoms with van der Waals surface area (Å²) in [5.41, 5.74) is 0. The molecule has 0 aliphatic rings. The van der Waals surface area contributed by atoms with Gasteiger partial charge in [0.05, 0.1) is 6.61 Å². The van der Waals surface area contributed by atoms with Gasteiger partial charge in [-0.3, -0.25) is 0 Å². The molecule has 0 aliphatic heterocycles. The molecule has 0 rings (SSSR count). The molecule has 0 saturated heterocycles. The summed E-state index contributed by atoms with van der Waals surface area (Å²) < 4.78 is 0. The number of hydrogen-bond donors (Lipinski definition) is 5. The summed E-state index contributed by atoms with van der Waals surface area (Å²) in [5, 5.41) is 43.3. The first-order valence-corrected chi connectivity index (χ1v) is 3.03. The van der Waals surface area contributed by atoms with Crippen LogP contribution in [0.3, 0.4) is 0 Å². The van der Waals surface area contributed by atoms with Crippen LogP contribution in [0.4, 0.5) is 0 Å². The van der Waals surface area contributed by atoms with Crippen LogP contribution in [0.2, 0.25) is 0 Å². The molecule has 5 N–H and O–H groups in total. The maximum atomic E-state index is 8.88. The van der Waals surface area contributed by atoms with Gasteiger partial charge in [-0.2, -0.15) is 0 Å². The lowest BCUT2D eigenvalue weighted by molar-refractivity contribution is -0.0738. The predicted molar refractivity (Wildman–Crippen MR) is 36.9 cm³/mol. The van der Waals surface area contributed by atoms with Crippen LogP contribution in [0.1, 0.15) is 0 Å². The van der Waals surface area contributed by atoms with E-state index in [4.69, 9.17) is 25.5 Å². The van der Waals surface area contributed by atoms with Gasteiger partial charge in [0.1, 0.15) is 24.1 Å². The molecule has 11 heavy (non-hydrogen) atoms. The van der Waals surface area contributed by atoms with Crippen LogP contribution in [-0.4, -0.2) is 50.5 Å². The number of aliphatic hydroxyl groups is 5. The molecule has 66 valence electrons. The van der Waals surface area contributed by atoms with E-state index in [1.807, 2.05) is 0 Å².